The number of halogens is 1. The highest BCUT2D eigenvalue weighted by molar-refractivity contribution is 7.89. The van der Waals surface area contributed by atoms with E-state index in [4.69, 9.17) is 9.84 Å². The van der Waals surface area contributed by atoms with Gasteiger partial charge in [-0.2, -0.15) is 4.72 Å². The van der Waals surface area contributed by atoms with Crippen LogP contribution in [0.3, 0.4) is 0 Å². The molecule has 0 fully saturated rings. The third-order valence-corrected chi connectivity index (χ3v) is 4.12. The van der Waals surface area contributed by atoms with Gasteiger partial charge in [0.25, 0.3) is 0 Å². The lowest BCUT2D eigenvalue weighted by Gasteiger charge is -2.18. The minimum absolute atomic E-state index is 0.167. The van der Waals surface area contributed by atoms with Crippen molar-refractivity contribution in [3.63, 3.8) is 0 Å². The van der Waals surface area contributed by atoms with Gasteiger partial charge in [-0.05, 0) is 18.1 Å². The van der Waals surface area contributed by atoms with Gasteiger partial charge in [-0.15, -0.1) is 0 Å². The zero-order chi connectivity index (χ0) is 15.5. The van der Waals surface area contributed by atoms with E-state index in [2.05, 4.69) is 0 Å². The summed E-state index contributed by atoms with van der Waals surface area (Å²) in [6.07, 6.45) is 0. The summed E-state index contributed by atoms with van der Waals surface area (Å²) in [4.78, 5) is 10.4. The normalized spacial score (nSPS) is 13.2. The summed E-state index contributed by atoms with van der Waals surface area (Å²) in [6, 6.07) is 1.89. The molecule has 0 heterocycles. The van der Waals surface area contributed by atoms with Crippen molar-refractivity contribution >= 4 is 16.0 Å². The van der Waals surface area contributed by atoms with Gasteiger partial charge >= 0.3 is 5.97 Å². The Morgan fingerprint density at radius 2 is 2.00 bits per heavy atom. The average molecular weight is 305 g/mol. The average Bonchev–Trinajstić information content (AvgIpc) is 2.34. The number of carboxylic acid groups (broad SMARTS) is 1. The molecule has 0 amide bonds. The third-order valence-electron chi connectivity index (χ3n) is 2.64. The van der Waals surface area contributed by atoms with Crippen LogP contribution in [0.25, 0.3) is 0 Å². The summed E-state index contributed by atoms with van der Waals surface area (Å²) in [5.41, 5.74) is 0. The van der Waals surface area contributed by atoms with Gasteiger partial charge in [0.15, 0.2) is 0 Å². The van der Waals surface area contributed by atoms with Crippen LogP contribution in [0, 0.1) is 11.7 Å². The molecule has 0 aliphatic heterocycles. The van der Waals surface area contributed by atoms with Gasteiger partial charge in [0.2, 0.25) is 10.0 Å². The highest BCUT2D eigenvalue weighted by atomic mass is 32.2. The first kappa shape index (κ1) is 16.4. The lowest BCUT2D eigenvalue weighted by molar-refractivity contribution is -0.140. The largest absolute Gasteiger partial charge is 0.497 e. The Bertz CT molecular complexity index is 600. The fraction of sp³-hybridized carbons (Fsp3) is 0.417. The smallest absolute Gasteiger partial charge is 0.322 e. The Hall–Kier alpha value is -1.67. The van der Waals surface area contributed by atoms with Gasteiger partial charge in [-0.25, -0.2) is 12.8 Å². The van der Waals surface area contributed by atoms with Crippen LogP contribution in [0.1, 0.15) is 13.8 Å². The summed E-state index contributed by atoms with van der Waals surface area (Å²) < 4.78 is 44.5. The number of benzene rings is 1. The molecule has 0 radical (unpaired) electrons. The molecule has 1 rings (SSSR count). The second-order valence-corrected chi connectivity index (χ2v) is 6.16. The topological polar surface area (TPSA) is 92.7 Å². The highest BCUT2D eigenvalue weighted by Crippen LogP contribution is 2.21. The second-order valence-electron chi connectivity index (χ2n) is 4.48. The summed E-state index contributed by atoms with van der Waals surface area (Å²) in [5.74, 6) is -2.65. The lowest BCUT2D eigenvalue weighted by atomic mass is 10.1. The van der Waals surface area contributed by atoms with Crippen LogP contribution in [-0.4, -0.2) is 32.6 Å². The first-order chi connectivity index (χ1) is 9.19. The summed E-state index contributed by atoms with van der Waals surface area (Å²) in [5, 5.41) is 8.96. The first-order valence-electron chi connectivity index (χ1n) is 5.77. The summed E-state index contributed by atoms with van der Waals surface area (Å²) in [7, 11) is -2.95. The van der Waals surface area contributed by atoms with Gasteiger partial charge in [-0.1, -0.05) is 13.8 Å². The molecule has 6 nitrogen and oxygen atoms in total. The predicted molar refractivity (Wildman–Crippen MR) is 69.5 cm³/mol. The van der Waals surface area contributed by atoms with E-state index in [0.717, 1.165) is 12.1 Å². The monoisotopic (exact) mass is 305 g/mol. The number of carboxylic acids is 1. The minimum Gasteiger partial charge on any atom is -0.497 e. The van der Waals surface area contributed by atoms with Crippen molar-refractivity contribution in [2.45, 2.75) is 24.8 Å². The van der Waals surface area contributed by atoms with Crippen LogP contribution in [0.5, 0.6) is 5.75 Å². The molecule has 0 aliphatic rings. The fourth-order valence-corrected chi connectivity index (χ4v) is 2.93. The standard InChI is InChI=1S/C12H16FNO5S/c1-7(2)11(12(15)16)14-20(17,18)10-5-4-8(19-3)6-9(10)13/h4-7,11,14H,1-3H3,(H,15,16)/t11-/m1/s1. The molecule has 0 aromatic heterocycles. The van der Waals surface area contributed by atoms with Gasteiger partial charge in [0.1, 0.15) is 22.5 Å². The number of hydrogen-bond acceptors (Lipinski definition) is 4. The maximum Gasteiger partial charge on any atom is 0.322 e. The Morgan fingerprint density at radius 3 is 2.40 bits per heavy atom. The summed E-state index contributed by atoms with van der Waals surface area (Å²) in [6.45, 7) is 3.09. The van der Waals surface area contributed by atoms with Crippen molar-refractivity contribution in [1.82, 2.24) is 4.72 Å². The first-order valence-corrected chi connectivity index (χ1v) is 7.26. The minimum atomic E-state index is -4.27. The molecule has 112 valence electrons. The third kappa shape index (κ3) is 3.67. The summed E-state index contributed by atoms with van der Waals surface area (Å²) >= 11 is 0. The van der Waals surface area contributed by atoms with Crippen LogP contribution >= 0.6 is 0 Å². The van der Waals surface area contributed by atoms with Crippen LogP contribution in [0.2, 0.25) is 0 Å². The molecule has 2 N–H and O–H groups in total. The van der Waals surface area contributed by atoms with Crippen molar-refractivity contribution in [3.8, 4) is 5.75 Å². The van der Waals surface area contributed by atoms with E-state index in [1.165, 1.54) is 13.2 Å². The molecule has 8 heteroatoms. The molecule has 0 spiro atoms. The molecule has 0 saturated carbocycles. The van der Waals surface area contributed by atoms with Crippen molar-refractivity contribution in [3.05, 3.63) is 24.0 Å². The molecule has 0 bridgehead atoms. The van der Waals surface area contributed by atoms with E-state index >= 15 is 0 Å². The predicted octanol–water partition coefficient (Wildman–Crippen LogP) is 1.22. The van der Waals surface area contributed by atoms with Gasteiger partial charge in [-0.3, -0.25) is 4.79 Å². The van der Waals surface area contributed by atoms with Gasteiger partial charge in [0, 0.05) is 6.07 Å². The maximum absolute atomic E-state index is 13.7. The number of ether oxygens (including phenoxy) is 1. The van der Waals surface area contributed by atoms with Crippen LogP contribution in [0.4, 0.5) is 4.39 Å². The van der Waals surface area contributed by atoms with Crippen molar-refractivity contribution in [1.29, 1.82) is 0 Å². The quantitative estimate of drug-likeness (QED) is 0.824. The van der Waals surface area contributed by atoms with Crippen molar-refractivity contribution in [2.75, 3.05) is 7.11 Å². The molecule has 1 aromatic rings. The molecule has 1 aromatic carbocycles. The number of hydrogen-bond donors (Lipinski definition) is 2. The zero-order valence-corrected chi connectivity index (χ0v) is 12.1. The number of aliphatic carboxylic acids is 1. The zero-order valence-electron chi connectivity index (χ0n) is 11.3. The van der Waals surface area contributed by atoms with Crippen molar-refractivity contribution in [2.24, 2.45) is 5.92 Å². The van der Waals surface area contributed by atoms with E-state index in [0.29, 0.717) is 0 Å². The van der Waals surface area contributed by atoms with Gasteiger partial charge < -0.3 is 9.84 Å². The maximum atomic E-state index is 13.7. The van der Waals surface area contributed by atoms with Crippen LogP contribution in [0.15, 0.2) is 23.1 Å². The molecule has 20 heavy (non-hydrogen) atoms. The molecular weight excluding hydrogens is 289 g/mol. The van der Waals surface area contributed by atoms with Crippen LogP contribution in [-0.2, 0) is 14.8 Å². The molecule has 0 unspecified atom stereocenters. The fourth-order valence-electron chi connectivity index (χ4n) is 1.53. The molecule has 1 atom stereocenters. The number of sulfonamides is 1. The lowest BCUT2D eigenvalue weighted by Crippen LogP contribution is -2.44. The Morgan fingerprint density at radius 1 is 1.40 bits per heavy atom. The van der Waals surface area contributed by atoms with E-state index in [1.807, 2.05) is 4.72 Å². The molecular formula is C12H16FNO5S. The Balaban J connectivity index is 3.14. The van der Waals surface area contributed by atoms with E-state index in [1.54, 1.807) is 13.8 Å². The van der Waals surface area contributed by atoms with E-state index in [-0.39, 0.29) is 5.75 Å². The van der Waals surface area contributed by atoms with Gasteiger partial charge in [0.05, 0.1) is 7.11 Å². The Kier molecular flexibility index (Phi) is 5.07. The second kappa shape index (κ2) is 6.19. The Labute approximate surface area is 116 Å². The van der Waals surface area contributed by atoms with E-state index < -0.39 is 38.7 Å². The van der Waals surface area contributed by atoms with Crippen molar-refractivity contribution < 1.29 is 27.4 Å². The van der Waals surface area contributed by atoms with Crippen LogP contribution < -0.4 is 9.46 Å². The number of nitrogens with one attached hydrogen (secondary N) is 1. The number of rotatable bonds is 6. The highest BCUT2D eigenvalue weighted by Gasteiger charge is 2.29. The molecule has 0 aliphatic carbocycles. The molecule has 0 saturated heterocycles. The SMILES string of the molecule is COc1ccc(S(=O)(=O)N[C@@H](C(=O)O)C(C)C)c(F)c1. The number of methoxy groups -OCH3 is 1. The van der Waals surface area contributed by atoms with E-state index in [9.17, 15) is 17.6 Å². The number of carbonyl (C=O) groups is 1.